The van der Waals surface area contributed by atoms with E-state index in [1.54, 1.807) is 11.3 Å². The first-order valence-corrected chi connectivity index (χ1v) is 10.1. The zero-order valence-corrected chi connectivity index (χ0v) is 16.6. The monoisotopic (exact) mass is 380 g/mol. The molecular formula is C21H24N4OS. The van der Waals surface area contributed by atoms with Gasteiger partial charge in [-0.05, 0) is 49.2 Å². The van der Waals surface area contributed by atoms with E-state index in [9.17, 15) is 4.79 Å². The number of hydrogen-bond acceptors (Lipinski definition) is 5. The van der Waals surface area contributed by atoms with Gasteiger partial charge in [-0.3, -0.25) is 9.69 Å². The number of nitrogens with zero attached hydrogens (tertiary/aromatic N) is 3. The zero-order chi connectivity index (χ0) is 18.8. The molecule has 3 aromatic rings. The average Bonchev–Trinajstić information content (AvgIpc) is 3.09. The standard InChI is InChI=1S/C21H24N4OS/c1-15-7-8-17(13-16(15)2)22-20(26)14-24-9-11-25(12-10-24)21-23-18-5-3-4-6-19(18)27-21/h3-8,13H,9-12,14H2,1-2H3,(H,22,26). The van der Waals surface area contributed by atoms with Crippen LogP contribution in [0.15, 0.2) is 42.5 Å². The van der Waals surface area contributed by atoms with Crippen molar-refractivity contribution in [1.29, 1.82) is 0 Å². The SMILES string of the molecule is Cc1ccc(NC(=O)CN2CCN(c3nc4ccccc4s3)CC2)cc1C. The summed E-state index contributed by atoms with van der Waals surface area (Å²) in [4.78, 5) is 21.6. The summed E-state index contributed by atoms with van der Waals surface area (Å²) in [6, 6.07) is 14.3. The van der Waals surface area contributed by atoms with Gasteiger partial charge in [0.25, 0.3) is 0 Å². The van der Waals surface area contributed by atoms with E-state index in [-0.39, 0.29) is 5.91 Å². The number of carbonyl (C=O) groups excluding carboxylic acids is 1. The van der Waals surface area contributed by atoms with Crippen molar-refractivity contribution in [1.82, 2.24) is 9.88 Å². The van der Waals surface area contributed by atoms with E-state index in [1.165, 1.54) is 15.8 Å². The van der Waals surface area contributed by atoms with E-state index >= 15 is 0 Å². The van der Waals surface area contributed by atoms with Crippen LogP contribution < -0.4 is 10.2 Å². The number of para-hydroxylation sites is 1. The summed E-state index contributed by atoms with van der Waals surface area (Å²) < 4.78 is 1.22. The van der Waals surface area contributed by atoms with Crippen molar-refractivity contribution in [2.75, 3.05) is 42.9 Å². The van der Waals surface area contributed by atoms with Crippen LogP contribution in [0.2, 0.25) is 0 Å². The van der Waals surface area contributed by atoms with Crippen molar-refractivity contribution in [2.24, 2.45) is 0 Å². The minimum atomic E-state index is 0.0479. The molecule has 27 heavy (non-hydrogen) atoms. The Morgan fingerprint density at radius 2 is 1.85 bits per heavy atom. The van der Waals surface area contributed by atoms with E-state index in [4.69, 9.17) is 4.98 Å². The third-order valence-electron chi connectivity index (χ3n) is 5.08. The van der Waals surface area contributed by atoms with Gasteiger partial charge in [0.05, 0.1) is 16.8 Å². The molecule has 1 aromatic heterocycles. The highest BCUT2D eigenvalue weighted by Crippen LogP contribution is 2.29. The number of anilines is 2. The second-order valence-corrected chi connectivity index (χ2v) is 8.08. The molecule has 140 valence electrons. The molecule has 1 amide bonds. The predicted octanol–water partition coefficient (Wildman–Crippen LogP) is 3.67. The summed E-state index contributed by atoms with van der Waals surface area (Å²) in [5.74, 6) is 0.0479. The first-order chi connectivity index (χ1) is 13.1. The van der Waals surface area contributed by atoms with Crippen LogP contribution in [0.5, 0.6) is 0 Å². The average molecular weight is 381 g/mol. The summed E-state index contributed by atoms with van der Waals surface area (Å²) >= 11 is 1.74. The highest BCUT2D eigenvalue weighted by atomic mass is 32.1. The van der Waals surface area contributed by atoms with Gasteiger partial charge in [-0.2, -0.15) is 0 Å². The summed E-state index contributed by atoms with van der Waals surface area (Å²) in [6.45, 7) is 8.11. The van der Waals surface area contributed by atoms with Crippen molar-refractivity contribution in [3.05, 3.63) is 53.6 Å². The number of benzene rings is 2. The largest absolute Gasteiger partial charge is 0.345 e. The molecule has 0 bridgehead atoms. The molecule has 1 fully saturated rings. The Balaban J connectivity index is 1.31. The second-order valence-electron chi connectivity index (χ2n) is 7.07. The number of fused-ring (bicyclic) bond motifs is 1. The molecule has 0 aliphatic carbocycles. The Morgan fingerprint density at radius 1 is 1.07 bits per heavy atom. The quantitative estimate of drug-likeness (QED) is 0.750. The third-order valence-corrected chi connectivity index (χ3v) is 6.18. The minimum absolute atomic E-state index is 0.0479. The number of piperazine rings is 1. The van der Waals surface area contributed by atoms with Crippen molar-refractivity contribution in [3.63, 3.8) is 0 Å². The van der Waals surface area contributed by atoms with Crippen LogP contribution in [-0.2, 0) is 4.79 Å². The van der Waals surface area contributed by atoms with Crippen LogP contribution in [0.25, 0.3) is 10.2 Å². The zero-order valence-electron chi connectivity index (χ0n) is 15.7. The van der Waals surface area contributed by atoms with Gasteiger partial charge >= 0.3 is 0 Å². The van der Waals surface area contributed by atoms with Crippen LogP contribution in [0.1, 0.15) is 11.1 Å². The van der Waals surface area contributed by atoms with Gasteiger partial charge in [0.15, 0.2) is 5.13 Å². The van der Waals surface area contributed by atoms with Gasteiger partial charge in [0.1, 0.15) is 0 Å². The highest BCUT2D eigenvalue weighted by Gasteiger charge is 2.21. The van der Waals surface area contributed by atoms with E-state index < -0.39 is 0 Å². The van der Waals surface area contributed by atoms with Crippen molar-refractivity contribution >= 4 is 38.3 Å². The van der Waals surface area contributed by atoms with Crippen LogP contribution in [0.3, 0.4) is 0 Å². The lowest BCUT2D eigenvalue weighted by Crippen LogP contribution is -2.48. The number of rotatable bonds is 4. The van der Waals surface area contributed by atoms with Crippen molar-refractivity contribution in [2.45, 2.75) is 13.8 Å². The Labute approximate surface area is 163 Å². The van der Waals surface area contributed by atoms with Gasteiger partial charge in [-0.15, -0.1) is 0 Å². The topological polar surface area (TPSA) is 48.5 Å². The molecule has 4 rings (SSSR count). The lowest BCUT2D eigenvalue weighted by atomic mass is 10.1. The molecule has 0 radical (unpaired) electrons. The van der Waals surface area contributed by atoms with Gasteiger partial charge in [-0.1, -0.05) is 29.5 Å². The fourth-order valence-electron chi connectivity index (χ4n) is 3.32. The van der Waals surface area contributed by atoms with Crippen LogP contribution in [-0.4, -0.2) is 48.5 Å². The molecule has 1 saturated heterocycles. The van der Waals surface area contributed by atoms with Gasteiger partial charge in [0, 0.05) is 31.9 Å². The number of amides is 1. The summed E-state index contributed by atoms with van der Waals surface area (Å²) in [5.41, 5.74) is 4.36. The van der Waals surface area contributed by atoms with E-state index in [0.717, 1.165) is 42.5 Å². The minimum Gasteiger partial charge on any atom is -0.345 e. The fourth-order valence-corrected chi connectivity index (χ4v) is 4.33. The van der Waals surface area contributed by atoms with Gasteiger partial charge < -0.3 is 10.2 Å². The molecule has 6 heteroatoms. The Kier molecular flexibility index (Phi) is 5.09. The molecule has 0 atom stereocenters. The molecule has 1 aliphatic rings. The molecular weight excluding hydrogens is 356 g/mol. The normalized spacial score (nSPS) is 15.3. The second kappa shape index (κ2) is 7.66. The number of nitrogens with one attached hydrogen (secondary N) is 1. The molecule has 2 aromatic carbocycles. The van der Waals surface area contributed by atoms with Crippen molar-refractivity contribution < 1.29 is 4.79 Å². The maximum Gasteiger partial charge on any atom is 0.238 e. The Bertz CT molecular complexity index is 927. The number of aromatic nitrogens is 1. The van der Waals surface area contributed by atoms with Crippen LogP contribution in [0.4, 0.5) is 10.8 Å². The van der Waals surface area contributed by atoms with E-state index in [2.05, 4.69) is 47.2 Å². The number of hydrogen-bond donors (Lipinski definition) is 1. The van der Waals surface area contributed by atoms with Gasteiger partial charge in [0.2, 0.25) is 5.91 Å². The molecule has 0 spiro atoms. The number of aryl methyl sites for hydroxylation is 2. The predicted molar refractivity (Wildman–Crippen MR) is 113 cm³/mol. The Morgan fingerprint density at radius 3 is 2.59 bits per heavy atom. The lowest BCUT2D eigenvalue weighted by molar-refractivity contribution is -0.117. The molecule has 0 saturated carbocycles. The lowest BCUT2D eigenvalue weighted by Gasteiger charge is -2.34. The number of thiazole rings is 1. The van der Waals surface area contributed by atoms with Crippen LogP contribution in [0, 0.1) is 13.8 Å². The smallest absolute Gasteiger partial charge is 0.238 e. The molecule has 1 aliphatic heterocycles. The maximum absolute atomic E-state index is 12.4. The first-order valence-electron chi connectivity index (χ1n) is 9.28. The molecule has 2 heterocycles. The summed E-state index contributed by atoms with van der Waals surface area (Å²) in [7, 11) is 0. The highest BCUT2D eigenvalue weighted by molar-refractivity contribution is 7.22. The number of carbonyl (C=O) groups is 1. The Hall–Kier alpha value is -2.44. The molecule has 0 unspecified atom stereocenters. The van der Waals surface area contributed by atoms with E-state index in [1.807, 2.05) is 24.3 Å². The molecule has 1 N–H and O–H groups in total. The summed E-state index contributed by atoms with van der Waals surface area (Å²) in [6.07, 6.45) is 0. The van der Waals surface area contributed by atoms with E-state index in [0.29, 0.717) is 6.54 Å². The van der Waals surface area contributed by atoms with Crippen molar-refractivity contribution in [3.8, 4) is 0 Å². The maximum atomic E-state index is 12.4. The summed E-state index contributed by atoms with van der Waals surface area (Å²) in [5, 5.41) is 4.09. The van der Waals surface area contributed by atoms with Crippen LogP contribution >= 0.6 is 11.3 Å². The first kappa shape index (κ1) is 17.9. The molecule has 5 nitrogen and oxygen atoms in total. The fraction of sp³-hybridized carbons (Fsp3) is 0.333. The third kappa shape index (κ3) is 4.12. The van der Waals surface area contributed by atoms with Gasteiger partial charge in [-0.25, -0.2) is 4.98 Å².